The van der Waals surface area contributed by atoms with Gasteiger partial charge < -0.3 is 5.73 Å². The molecule has 3 heteroatoms. The normalized spacial score (nSPS) is 24.9. The quantitative estimate of drug-likeness (QED) is 0.884. The van der Waals surface area contributed by atoms with Gasteiger partial charge in [-0.2, -0.15) is 0 Å². The maximum atomic E-state index is 13.8. The van der Waals surface area contributed by atoms with Crippen molar-refractivity contribution in [2.24, 2.45) is 11.7 Å². The predicted octanol–water partition coefficient (Wildman–Crippen LogP) is 3.34. The molecule has 0 aromatic heterocycles. The van der Waals surface area contributed by atoms with Crippen molar-refractivity contribution >= 4 is 0 Å². The third kappa shape index (κ3) is 3.54. The molecule has 19 heavy (non-hydrogen) atoms. The van der Waals surface area contributed by atoms with Crippen molar-refractivity contribution < 1.29 is 4.39 Å². The summed E-state index contributed by atoms with van der Waals surface area (Å²) >= 11 is 0. The molecule has 2 rings (SSSR count). The van der Waals surface area contributed by atoms with Crippen LogP contribution >= 0.6 is 0 Å². The van der Waals surface area contributed by atoms with Gasteiger partial charge in [0.05, 0.1) is 0 Å². The highest BCUT2D eigenvalue weighted by Gasteiger charge is 2.24. The summed E-state index contributed by atoms with van der Waals surface area (Å²) in [5.41, 5.74) is 6.88. The van der Waals surface area contributed by atoms with E-state index < -0.39 is 0 Å². The van der Waals surface area contributed by atoms with Crippen LogP contribution in [0.25, 0.3) is 0 Å². The summed E-state index contributed by atoms with van der Waals surface area (Å²) in [6, 6.07) is 7.53. The van der Waals surface area contributed by atoms with Crippen LogP contribution in [0.15, 0.2) is 24.3 Å². The van der Waals surface area contributed by atoms with Crippen molar-refractivity contribution in [1.29, 1.82) is 0 Å². The first-order valence-electron chi connectivity index (χ1n) is 7.30. The summed E-state index contributed by atoms with van der Waals surface area (Å²) in [4.78, 5) is 2.23. The SMILES string of the molecule is CC(c1ccccc1F)N(C)CCC1CCCC1N. The zero-order valence-corrected chi connectivity index (χ0v) is 12.0. The van der Waals surface area contributed by atoms with Gasteiger partial charge in [0.15, 0.2) is 0 Å². The molecular formula is C16H25FN2. The lowest BCUT2D eigenvalue weighted by atomic mass is 9.99. The molecule has 2 nitrogen and oxygen atoms in total. The van der Waals surface area contributed by atoms with E-state index >= 15 is 0 Å². The smallest absolute Gasteiger partial charge is 0.127 e. The van der Waals surface area contributed by atoms with Crippen LogP contribution in [0.2, 0.25) is 0 Å². The van der Waals surface area contributed by atoms with Crippen molar-refractivity contribution in [3.8, 4) is 0 Å². The molecule has 1 aromatic rings. The third-order valence-corrected chi connectivity index (χ3v) is 4.59. The summed E-state index contributed by atoms with van der Waals surface area (Å²) in [6.45, 7) is 3.04. The van der Waals surface area contributed by atoms with Crippen LogP contribution in [0.4, 0.5) is 4.39 Å². The van der Waals surface area contributed by atoms with Gasteiger partial charge in [0.2, 0.25) is 0 Å². The average molecular weight is 264 g/mol. The molecule has 0 aliphatic heterocycles. The Balaban J connectivity index is 1.89. The van der Waals surface area contributed by atoms with Gasteiger partial charge >= 0.3 is 0 Å². The lowest BCUT2D eigenvalue weighted by Crippen LogP contribution is -2.30. The molecule has 2 N–H and O–H groups in total. The number of nitrogens with two attached hydrogens (primary N) is 1. The van der Waals surface area contributed by atoms with Crippen molar-refractivity contribution in [3.63, 3.8) is 0 Å². The fourth-order valence-corrected chi connectivity index (χ4v) is 3.04. The van der Waals surface area contributed by atoms with Gasteiger partial charge in [-0.05, 0) is 51.8 Å². The van der Waals surface area contributed by atoms with E-state index in [-0.39, 0.29) is 11.9 Å². The number of rotatable bonds is 5. The lowest BCUT2D eigenvalue weighted by Gasteiger charge is -2.27. The zero-order chi connectivity index (χ0) is 13.8. The average Bonchev–Trinajstić information content (AvgIpc) is 2.81. The minimum atomic E-state index is -0.112. The molecular weight excluding hydrogens is 239 g/mol. The van der Waals surface area contributed by atoms with Crippen molar-refractivity contribution in [3.05, 3.63) is 35.6 Å². The molecule has 0 amide bonds. The molecule has 0 radical (unpaired) electrons. The zero-order valence-electron chi connectivity index (χ0n) is 12.0. The molecule has 0 saturated heterocycles. The summed E-state index contributed by atoms with van der Waals surface area (Å²) in [5, 5.41) is 0. The second-order valence-electron chi connectivity index (χ2n) is 5.82. The first-order chi connectivity index (χ1) is 9.09. The maximum absolute atomic E-state index is 13.8. The Morgan fingerprint density at radius 2 is 2.11 bits per heavy atom. The molecule has 106 valence electrons. The van der Waals surface area contributed by atoms with Crippen molar-refractivity contribution in [2.45, 2.75) is 44.7 Å². The Bertz CT molecular complexity index is 407. The van der Waals surface area contributed by atoms with E-state index in [9.17, 15) is 4.39 Å². The Hall–Kier alpha value is -0.930. The first-order valence-corrected chi connectivity index (χ1v) is 7.30. The Morgan fingerprint density at radius 3 is 2.74 bits per heavy atom. The van der Waals surface area contributed by atoms with E-state index in [1.165, 1.54) is 18.9 Å². The third-order valence-electron chi connectivity index (χ3n) is 4.59. The van der Waals surface area contributed by atoms with Gasteiger partial charge in [0, 0.05) is 17.6 Å². The molecule has 1 saturated carbocycles. The second kappa shape index (κ2) is 6.49. The highest BCUT2D eigenvalue weighted by Crippen LogP contribution is 2.28. The standard InChI is InChI=1S/C16H25FN2/c1-12(14-7-3-4-8-15(14)17)19(2)11-10-13-6-5-9-16(13)18/h3-4,7-8,12-13,16H,5-6,9-11,18H2,1-2H3. The van der Waals surface area contributed by atoms with Gasteiger partial charge in [-0.3, -0.25) is 4.90 Å². The van der Waals surface area contributed by atoms with Crippen molar-refractivity contribution in [1.82, 2.24) is 4.90 Å². The fraction of sp³-hybridized carbons (Fsp3) is 0.625. The molecule has 0 spiro atoms. The summed E-state index contributed by atoms with van der Waals surface area (Å²) in [7, 11) is 2.07. The minimum Gasteiger partial charge on any atom is -0.327 e. The van der Waals surface area contributed by atoms with Gasteiger partial charge in [-0.1, -0.05) is 24.6 Å². The van der Waals surface area contributed by atoms with Gasteiger partial charge in [0.1, 0.15) is 5.82 Å². The molecule has 1 aliphatic rings. The number of hydrogen-bond donors (Lipinski definition) is 1. The van der Waals surface area contributed by atoms with Crippen LogP contribution in [0.3, 0.4) is 0 Å². The number of benzene rings is 1. The van der Waals surface area contributed by atoms with Crippen molar-refractivity contribution in [2.75, 3.05) is 13.6 Å². The summed E-state index contributed by atoms with van der Waals surface area (Å²) in [5.74, 6) is 0.537. The largest absolute Gasteiger partial charge is 0.327 e. The van der Waals surface area contributed by atoms with E-state index in [1.807, 2.05) is 12.1 Å². The second-order valence-corrected chi connectivity index (χ2v) is 5.82. The topological polar surface area (TPSA) is 29.3 Å². The molecule has 3 atom stereocenters. The van der Waals surface area contributed by atoms with Crippen LogP contribution in [-0.2, 0) is 0 Å². The van der Waals surface area contributed by atoms with E-state index in [1.54, 1.807) is 6.07 Å². The summed E-state index contributed by atoms with van der Waals surface area (Å²) < 4.78 is 13.8. The molecule has 0 heterocycles. The van der Waals surface area contributed by atoms with E-state index in [4.69, 9.17) is 5.73 Å². The first kappa shape index (κ1) is 14.5. The lowest BCUT2D eigenvalue weighted by molar-refractivity contribution is 0.232. The van der Waals surface area contributed by atoms with Crippen LogP contribution in [-0.4, -0.2) is 24.5 Å². The van der Waals surface area contributed by atoms with E-state index in [2.05, 4.69) is 18.9 Å². The van der Waals surface area contributed by atoms with E-state index in [0.717, 1.165) is 24.9 Å². The Morgan fingerprint density at radius 1 is 1.37 bits per heavy atom. The number of nitrogens with zero attached hydrogens (tertiary/aromatic N) is 1. The fourth-order valence-electron chi connectivity index (χ4n) is 3.04. The monoisotopic (exact) mass is 264 g/mol. The minimum absolute atomic E-state index is 0.110. The van der Waals surface area contributed by atoms with Crippen LogP contribution in [0, 0.1) is 11.7 Å². The van der Waals surface area contributed by atoms with Gasteiger partial charge in [-0.25, -0.2) is 4.39 Å². The molecule has 1 aliphatic carbocycles. The molecule has 1 aromatic carbocycles. The predicted molar refractivity (Wildman–Crippen MR) is 77.4 cm³/mol. The highest BCUT2D eigenvalue weighted by molar-refractivity contribution is 5.20. The molecule has 3 unspecified atom stereocenters. The van der Waals surface area contributed by atoms with Gasteiger partial charge in [-0.15, -0.1) is 0 Å². The number of hydrogen-bond acceptors (Lipinski definition) is 2. The van der Waals surface area contributed by atoms with Crippen LogP contribution in [0.1, 0.15) is 44.2 Å². The van der Waals surface area contributed by atoms with Crippen LogP contribution < -0.4 is 5.73 Å². The highest BCUT2D eigenvalue weighted by atomic mass is 19.1. The maximum Gasteiger partial charge on any atom is 0.127 e. The summed E-state index contributed by atoms with van der Waals surface area (Å²) in [6.07, 6.45) is 4.80. The Kier molecular flexibility index (Phi) is 4.94. The molecule has 1 fully saturated rings. The Labute approximate surface area is 115 Å². The number of halogens is 1. The van der Waals surface area contributed by atoms with Gasteiger partial charge in [0.25, 0.3) is 0 Å². The van der Waals surface area contributed by atoms with E-state index in [0.29, 0.717) is 12.0 Å². The molecule has 0 bridgehead atoms. The van der Waals surface area contributed by atoms with Crippen LogP contribution in [0.5, 0.6) is 0 Å².